The highest BCUT2D eigenvalue weighted by atomic mass is 16.5. The first-order valence-corrected chi connectivity index (χ1v) is 8.12. The van der Waals surface area contributed by atoms with E-state index in [4.69, 9.17) is 9.47 Å². The van der Waals surface area contributed by atoms with Crippen molar-refractivity contribution in [2.24, 2.45) is 0 Å². The number of hydrogen-bond donors (Lipinski definition) is 2. The van der Waals surface area contributed by atoms with Crippen molar-refractivity contribution in [3.8, 4) is 5.75 Å². The Bertz CT molecular complexity index is 698. The highest BCUT2D eigenvalue weighted by Crippen LogP contribution is 2.33. The Kier molecular flexibility index (Phi) is 4.63. The van der Waals surface area contributed by atoms with Gasteiger partial charge in [0.15, 0.2) is 6.10 Å². The number of nitrogens with one attached hydrogen (secondary N) is 1. The molecule has 0 radical (unpaired) electrons. The third-order valence-electron chi connectivity index (χ3n) is 4.51. The first-order valence-electron chi connectivity index (χ1n) is 8.12. The molecule has 1 aromatic rings. The van der Waals surface area contributed by atoms with Crippen LogP contribution in [0.1, 0.15) is 19.8 Å². The minimum Gasteiger partial charge on any atom is -0.480 e. The Morgan fingerprint density at radius 1 is 1.32 bits per heavy atom. The molecule has 0 aliphatic carbocycles. The number of nitrogens with zero attached hydrogens (tertiary/aromatic N) is 1. The SMILES string of the molecule is CC1Oc2ccccc2N(CC(=O)NC2(C(=O)O)CCOCC2)C1=O. The molecule has 8 heteroatoms. The van der Waals surface area contributed by atoms with Crippen LogP contribution in [-0.4, -0.2) is 54.3 Å². The molecule has 2 amide bonds. The summed E-state index contributed by atoms with van der Waals surface area (Å²) in [5, 5.41) is 12.1. The molecule has 1 saturated heterocycles. The number of anilines is 1. The zero-order chi connectivity index (χ0) is 18.0. The number of carboxylic acids is 1. The minimum absolute atomic E-state index is 0.193. The minimum atomic E-state index is -1.35. The second kappa shape index (κ2) is 6.72. The number of carbonyl (C=O) groups is 3. The zero-order valence-electron chi connectivity index (χ0n) is 13.9. The van der Waals surface area contributed by atoms with Gasteiger partial charge in [0, 0.05) is 26.1 Å². The monoisotopic (exact) mass is 348 g/mol. The maximum absolute atomic E-state index is 12.5. The summed E-state index contributed by atoms with van der Waals surface area (Å²) in [4.78, 5) is 37.9. The molecule has 1 fully saturated rings. The highest BCUT2D eigenvalue weighted by molar-refractivity contribution is 6.04. The lowest BCUT2D eigenvalue weighted by Crippen LogP contribution is -2.60. The van der Waals surface area contributed by atoms with Crippen LogP contribution in [0.15, 0.2) is 24.3 Å². The van der Waals surface area contributed by atoms with Crippen molar-refractivity contribution >= 4 is 23.5 Å². The molecule has 2 N–H and O–H groups in total. The van der Waals surface area contributed by atoms with E-state index in [0.29, 0.717) is 11.4 Å². The molecule has 0 aromatic heterocycles. The van der Waals surface area contributed by atoms with E-state index in [0.717, 1.165) is 0 Å². The summed E-state index contributed by atoms with van der Waals surface area (Å²) in [5.41, 5.74) is -0.854. The molecule has 1 atom stereocenters. The molecular formula is C17H20N2O6. The van der Waals surface area contributed by atoms with Gasteiger partial charge in [-0.05, 0) is 19.1 Å². The number of benzene rings is 1. The molecular weight excluding hydrogens is 328 g/mol. The van der Waals surface area contributed by atoms with Crippen LogP contribution >= 0.6 is 0 Å². The van der Waals surface area contributed by atoms with Crippen LogP contribution in [0.4, 0.5) is 5.69 Å². The van der Waals surface area contributed by atoms with E-state index in [1.165, 1.54) is 4.90 Å². The lowest BCUT2D eigenvalue weighted by atomic mass is 9.90. The molecule has 8 nitrogen and oxygen atoms in total. The van der Waals surface area contributed by atoms with E-state index in [9.17, 15) is 19.5 Å². The van der Waals surface area contributed by atoms with Crippen molar-refractivity contribution in [1.82, 2.24) is 5.32 Å². The molecule has 2 heterocycles. The van der Waals surface area contributed by atoms with Gasteiger partial charge in [-0.1, -0.05) is 12.1 Å². The summed E-state index contributed by atoms with van der Waals surface area (Å²) in [7, 11) is 0. The normalized spacial score (nSPS) is 21.9. The van der Waals surface area contributed by atoms with Crippen molar-refractivity contribution in [2.75, 3.05) is 24.7 Å². The fourth-order valence-electron chi connectivity index (χ4n) is 3.08. The Hall–Kier alpha value is -2.61. The maximum atomic E-state index is 12.5. The van der Waals surface area contributed by atoms with Gasteiger partial charge in [-0.25, -0.2) is 4.79 Å². The second-order valence-corrected chi connectivity index (χ2v) is 6.20. The number of carboxylic acid groups (broad SMARTS) is 1. The highest BCUT2D eigenvalue weighted by Gasteiger charge is 2.42. The Labute approximate surface area is 144 Å². The van der Waals surface area contributed by atoms with E-state index >= 15 is 0 Å². The predicted molar refractivity (Wildman–Crippen MR) is 87.4 cm³/mol. The number of hydrogen-bond acceptors (Lipinski definition) is 5. The van der Waals surface area contributed by atoms with Gasteiger partial charge in [0.1, 0.15) is 17.8 Å². The van der Waals surface area contributed by atoms with E-state index in [-0.39, 0.29) is 38.5 Å². The van der Waals surface area contributed by atoms with Crippen molar-refractivity contribution < 1.29 is 29.0 Å². The number of ether oxygens (including phenoxy) is 2. The van der Waals surface area contributed by atoms with Crippen LogP contribution < -0.4 is 15.0 Å². The molecule has 3 rings (SSSR count). The first kappa shape index (κ1) is 17.2. The summed E-state index contributed by atoms with van der Waals surface area (Å²) in [6.07, 6.45) is -0.324. The fourth-order valence-corrected chi connectivity index (χ4v) is 3.08. The number of amides is 2. The molecule has 0 saturated carbocycles. The second-order valence-electron chi connectivity index (χ2n) is 6.20. The number of rotatable bonds is 4. The smallest absolute Gasteiger partial charge is 0.329 e. The van der Waals surface area contributed by atoms with E-state index in [1.807, 2.05) is 0 Å². The Morgan fingerprint density at radius 2 is 2.00 bits per heavy atom. The largest absolute Gasteiger partial charge is 0.480 e. The predicted octanol–water partition coefficient (Wildman–Crippen LogP) is 0.550. The lowest BCUT2D eigenvalue weighted by Gasteiger charge is -2.36. The molecule has 25 heavy (non-hydrogen) atoms. The third kappa shape index (κ3) is 3.30. The molecule has 0 bridgehead atoms. The van der Waals surface area contributed by atoms with Gasteiger partial charge < -0.3 is 19.9 Å². The Morgan fingerprint density at radius 3 is 2.68 bits per heavy atom. The van der Waals surface area contributed by atoms with Crippen LogP contribution in [0.5, 0.6) is 5.75 Å². The van der Waals surface area contributed by atoms with Gasteiger partial charge in [0.05, 0.1) is 5.69 Å². The molecule has 2 aliphatic rings. The quantitative estimate of drug-likeness (QED) is 0.823. The van der Waals surface area contributed by atoms with Crippen molar-refractivity contribution in [2.45, 2.75) is 31.4 Å². The average molecular weight is 348 g/mol. The van der Waals surface area contributed by atoms with Gasteiger partial charge in [0.25, 0.3) is 5.91 Å². The van der Waals surface area contributed by atoms with E-state index in [2.05, 4.69) is 5.32 Å². The van der Waals surface area contributed by atoms with Gasteiger partial charge >= 0.3 is 5.97 Å². The van der Waals surface area contributed by atoms with Gasteiger partial charge in [-0.2, -0.15) is 0 Å². The molecule has 1 aromatic carbocycles. The first-order chi connectivity index (χ1) is 11.9. The molecule has 134 valence electrons. The van der Waals surface area contributed by atoms with Crippen LogP contribution in [0, 0.1) is 0 Å². The number of aliphatic carboxylic acids is 1. The lowest BCUT2D eigenvalue weighted by molar-refractivity contribution is -0.151. The molecule has 1 unspecified atom stereocenters. The summed E-state index contributed by atoms with van der Waals surface area (Å²) in [6, 6.07) is 6.93. The van der Waals surface area contributed by atoms with Crippen molar-refractivity contribution in [3.05, 3.63) is 24.3 Å². The number of fused-ring (bicyclic) bond motifs is 1. The fraction of sp³-hybridized carbons (Fsp3) is 0.471. The van der Waals surface area contributed by atoms with Gasteiger partial charge in [-0.15, -0.1) is 0 Å². The Balaban J connectivity index is 1.78. The van der Waals surface area contributed by atoms with Crippen LogP contribution in [0.25, 0.3) is 0 Å². The van der Waals surface area contributed by atoms with Gasteiger partial charge in [0.2, 0.25) is 5.91 Å². The standard InChI is InChI=1S/C17H20N2O6/c1-11-15(21)19(12-4-2-3-5-13(12)25-11)10-14(20)18-17(16(22)23)6-8-24-9-7-17/h2-5,11H,6-10H2,1H3,(H,18,20)(H,22,23). The van der Waals surface area contributed by atoms with Crippen LogP contribution in [0.3, 0.4) is 0 Å². The van der Waals surface area contributed by atoms with Crippen LogP contribution in [0.2, 0.25) is 0 Å². The summed E-state index contributed by atoms with van der Waals surface area (Å²) >= 11 is 0. The summed E-state index contributed by atoms with van der Waals surface area (Å²) < 4.78 is 10.7. The van der Waals surface area contributed by atoms with Crippen molar-refractivity contribution in [1.29, 1.82) is 0 Å². The summed E-state index contributed by atoms with van der Waals surface area (Å²) in [6.45, 7) is 1.88. The van der Waals surface area contributed by atoms with E-state index < -0.39 is 23.5 Å². The number of para-hydroxylation sites is 2. The number of carbonyl (C=O) groups excluding carboxylic acids is 2. The molecule has 0 spiro atoms. The topological polar surface area (TPSA) is 105 Å². The summed E-state index contributed by atoms with van der Waals surface area (Å²) in [5.74, 6) is -1.45. The molecule has 2 aliphatic heterocycles. The van der Waals surface area contributed by atoms with Crippen molar-refractivity contribution in [3.63, 3.8) is 0 Å². The third-order valence-corrected chi connectivity index (χ3v) is 4.51. The maximum Gasteiger partial charge on any atom is 0.329 e. The van der Waals surface area contributed by atoms with Gasteiger partial charge in [-0.3, -0.25) is 14.5 Å². The van der Waals surface area contributed by atoms with Crippen LogP contribution in [-0.2, 0) is 19.1 Å². The average Bonchev–Trinajstić information content (AvgIpc) is 2.59. The zero-order valence-corrected chi connectivity index (χ0v) is 13.9. The van der Waals surface area contributed by atoms with E-state index in [1.54, 1.807) is 31.2 Å².